The van der Waals surface area contributed by atoms with E-state index in [1.165, 1.54) is 0 Å². The molecule has 114 valence electrons. The van der Waals surface area contributed by atoms with Crippen molar-refractivity contribution in [2.75, 3.05) is 0 Å². The van der Waals surface area contributed by atoms with Gasteiger partial charge in [-0.1, -0.05) is 22.8 Å². The van der Waals surface area contributed by atoms with E-state index in [9.17, 15) is 4.79 Å². The van der Waals surface area contributed by atoms with E-state index in [2.05, 4.69) is 20.4 Å². The highest BCUT2D eigenvalue weighted by molar-refractivity contribution is 6.29. The van der Waals surface area contributed by atoms with Crippen molar-refractivity contribution >= 4 is 28.5 Å². The Labute approximate surface area is 131 Å². The second kappa shape index (κ2) is 6.19. The molecule has 1 amide bonds. The van der Waals surface area contributed by atoms with E-state index in [1.54, 1.807) is 6.07 Å². The first-order chi connectivity index (χ1) is 10.6. The average molecular weight is 319 g/mol. The Morgan fingerprint density at radius 3 is 3.05 bits per heavy atom. The lowest BCUT2D eigenvalue weighted by Crippen LogP contribution is -2.22. The van der Waals surface area contributed by atoms with Crippen LogP contribution in [0.15, 0.2) is 28.8 Å². The zero-order valence-corrected chi connectivity index (χ0v) is 12.8. The number of fused-ring (bicyclic) bond motifs is 1. The highest BCUT2D eigenvalue weighted by Gasteiger charge is 2.07. The van der Waals surface area contributed by atoms with Crippen molar-refractivity contribution < 1.29 is 9.32 Å². The monoisotopic (exact) mass is 318 g/mol. The van der Waals surface area contributed by atoms with E-state index < -0.39 is 0 Å². The number of hydrogen-bond donors (Lipinski definition) is 2. The number of carbonyl (C=O) groups is 1. The van der Waals surface area contributed by atoms with Gasteiger partial charge in [-0.15, -0.1) is 0 Å². The van der Waals surface area contributed by atoms with Crippen LogP contribution in [0.2, 0.25) is 5.15 Å². The molecule has 0 aliphatic rings. The maximum atomic E-state index is 11.8. The number of H-pyrrole nitrogens is 1. The van der Waals surface area contributed by atoms with Gasteiger partial charge in [0.2, 0.25) is 5.91 Å². The van der Waals surface area contributed by atoms with E-state index in [1.807, 2.05) is 25.1 Å². The normalized spacial score (nSPS) is 11.0. The SMILES string of the molecule is Cc1nc2ccc(CNC(=O)CCc3cc(Cl)no3)cc2[nH]1. The van der Waals surface area contributed by atoms with E-state index in [4.69, 9.17) is 16.1 Å². The van der Waals surface area contributed by atoms with Crippen LogP contribution in [0.1, 0.15) is 23.6 Å². The third-order valence-corrected chi connectivity index (χ3v) is 3.46. The van der Waals surface area contributed by atoms with Crippen molar-refractivity contribution in [1.29, 1.82) is 0 Å². The summed E-state index contributed by atoms with van der Waals surface area (Å²) >= 11 is 5.65. The molecule has 0 atom stereocenters. The second-order valence-electron chi connectivity index (χ2n) is 5.07. The van der Waals surface area contributed by atoms with Crippen LogP contribution in [-0.4, -0.2) is 21.0 Å². The van der Waals surface area contributed by atoms with Gasteiger partial charge in [-0.2, -0.15) is 0 Å². The molecule has 7 heteroatoms. The summed E-state index contributed by atoms with van der Waals surface area (Å²) in [5.74, 6) is 1.44. The molecular formula is C15H15ClN4O2. The lowest BCUT2D eigenvalue weighted by atomic mass is 10.2. The molecule has 1 aromatic carbocycles. The van der Waals surface area contributed by atoms with Crippen LogP contribution in [0.3, 0.4) is 0 Å². The summed E-state index contributed by atoms with van der Waals surface area (Å²) in [5.41, 5.74) is 2.92. The Balaban J connectivity index is 1.53. The summed E-state index contributed by atoms with van der Waals surface area (Å²) < 4.78 is 4.95. The molecule has 0 unspecified atom stereocenters. The number of aromatic amines is 1. The summed E-state index contributed by atoms with van der Waals surface area (Å²) in [6.07, 6.45) is 0.807. The Kier molecular flexibility index (Phi) is 4.11. The van der Waals surface area contributed by atoms with Gasteiger partial charge in [0.1, 0.15) is 11.6 Å². The van der Waals surface area contributed by atoms with E-state index in [0.29, 0.717) is 30.3 Å². The molecule has 0 spiro atoms. The molecule has 2 N–H and O–H groups in total. The van der Waals surface area contributed by atoms with Crippen LogP contribution >= 0.6 is 11.6 Å². The standard InChI is InChI=1S/C15H15ClN4O2/c1-9-18-12-4-2-10(6-13(12)19-9)8-17-15(21)5-3-11-7-14(16)20-22-11/h2,4,6-7H,3,5,8H2,1H3,(H,17,21)(H,18,19). The molecule has 0 aliphatic heterocycles. The van der Waals surface area contributed by atoms with Gasteiger partial charge in [0.05, 0.1) is 11.0 Å². The van der Waals surface area contributed by atoms with Crippen LogP contribution in [0, 0.1) is 6.92 Å². The molecule has 0 fully saturated rings. The smallest absolute Gasteiger partial charge is 0.220 e. The highest BCUT2D eigenvalue weighted by atomic mass is 35.5. The number of nitrogens with zero attached hydrogens (tertiary/aromatic N) is 2. The number of nitrogens with one attached hydrogen (secondary N) is 2. The largest absolute Gasteiger partial charge is 0.360 e. The number of aromatic nitrogens is 3. The zero-order valence-electron chi connectivity index (χ0n) is 12.0. The molecular weight excluding hydrogens is 304 g/mol. The van der Waals surface area contributed by atoms with Crippen LogP contribution in [0.25, 0.3) is 11.0 Å². The van der Waals surface area contributed by atoms with Crippen molar-refractivity contribution in [2.45, 2.75) is 26.3 Å². The molecule has 0 saturated carbocycles. The molecule has 2 aromatic heterocycles. The first-order valence-corrected chi connectivity index (χ1v) is 7.31. The lowest BCUT2D eigenvalue weighted by Gasteiger charge is -2.04. The zero-order chi connectivity index (χ0) is 15.5. The third kappa shape index (κ3) is 3.46. The number of carbonyl (C=O) groups excluding carboxylic acids is 1. The molecule has 3 aromatic rings. The minimum atomic E-state index is -0.0478. The summed E-state index contributed by atoms with van der Waals surface area (Å²) in [5, 5.41) is 6.75. The number of imidazole rings is 1. The predicted molar refractivity (Wildman–Crippen MR) is 82.5 cm³/mol. The number of halogens is 1. The van der Waals surface area contributed by atoms with Gasteiger partial charge in [0.25, 0.3) is 0 Å². The first-order valence-electron chi connectivity index (χ1n) is 6.93. The van der Waals surface area contributed by atoms with Gasteiger partial charge in [0.15, 0.2) is 5.15 Å². The van der Waals surface area contributed by atoms with Crippen LogP contribution in [0.4, 0.5) is 0 Å². The van der Waals surface area contributed by atoms with Crippen LogP contribution in [0.5, 0.6) is 0 Å². The fourth-order valence-corrected chi connectivity index (χ4v) is 2.38. The predicted octanol–water partition coefficient (Wildman–Crippen LogP) is 2.76. The van der Waals surface area contributed by atoms with Crippen LogP contribution in [-0.2, 0) is 17.8 Å². The number of hydrogen-bond acceptors (Lipinski definition) is 4. The summed E-state index contributed by atoms with van der Waals surface area (Å²) in [4.78, 5) is 19.4. The third-order valence-electron chi connectivity index (χ3n) is 3.28. The molecule has 6 nitrogen and oxygen atoms in total. The summed E-state index contributed by atoms with van der Waals surface area (Å²) in [7, 11) is 0. The fraction of sp³-hybridized carbons (Fsp3) is 0.267. The molecule has 0 radical (unpaired) electrons. The maximum absolute atomic E-state index is 11.8. The van der Waals surface area contributed by atoms with E-state index >= 15 is 0 Å². The minimum Gasteiger partial charge on any atom is -0.360 e. The molecule has 0 saturated heterocycles. The minimum absolute atomic E-state index is 0.0478. The van der Waals surface area contributed by atoms with Gasteiger partial charge in [-0.3, -0.25) is 4.79 Å². The van der Waals surface area contributed by atoms with Gasteiger partial charge >= 0.3 is 0 Å². The van der Waals surface area contributed by atoms with Crippen molar-refractivity contribution in [3.05, 3.63) is 46.6 Å². The van der Waals surface area contributed by atoms with Crippen molar-refractivity contribution in [3.63, 3.8) is 0 Å². The Hall–Kier alpha value is -2.34. The first kappa shape index (κ1) is 14.6. The fourth-order valence-electron chi connectivity index (χ4n) is 2.23. The van der Waals surface area contributed by atoms with E-state index in [0.717, 1.165) is 22.4 Å². The van der Waals surface area contributed by atoms with Gasteiger partial charge < -0.3 is 14.8 Å². The maximum Gasteiger partial charge on any atom is 0.220 e. The van der Waals surface area contributed by atoms with Crippen LogP contribution < -0.4 is 5.32 Å². The Morgan fingerprint density at radius 2 is 2.27 bits per heavy atom. The average Bonchev–Trinajstić information content (AvgIpc) is 3.06. The molecule has 0 aliphatic carbocycles. The quantitative estimate of drug-likeness (QED) is 0.757. The summed E-state index contributed by atoms with van der Waals surface area (Å²) in [6.45, 7) is 2.39. The molecule has 2 heterocycles. The molecule has 22 heavy (non-hydrogen) atoms. The second-order valence-corrected chi connectivity index (χ2v) is 5.45. The van der Waals surface area contributed by atoms with Gasteiger partial charge in [0, 0.05) is 25.5 Å². The summed E-state index contributed by atoms with van der Waals surface area (Å²) in [6, 6.07) is 7.51. The highest BCUT2D eigenvalue weighted by Crippen LogP contribution is 2.14. The topological polar surface area (TPSA) is 83.8 Å². The number of aryl methyl sites for hydroxylation is 2. The van der Waals surface area contributed by atoms with Gasteiger partial charge in [-0.25, -0.2) is 4.98 Å². The molecule has 3 rings (SSSR count). The Morgan fingerprint density at radius 1 is 1.41 bits per heavy atom. The van der Waals surface area contributed by atoms with Crippen molar-refractivity contribution in [2.24, 2.45) is 0 Å². The lowest BCUT2D eigenvalue weighted by molar-refractivity contribution is -0.121. The Bertz CT molecular complexity index is 809. The van der Waals surface area contributed by atoms with Crippen molar-refractivity contribution in [3.8, 4) is 0 Å². The number of rotatable bonds is 5. The van der Waals surface area contributed by atoms with Crippen molar-refractivity contribution in [1.82, 2.24) is 20.4 Å². The number of amides is 1. The van der Waals surface area contributed by atoms with Gasteiger partial charge in [-0.05, 0) is 24.6 Å². The molecule has 0 bridgehead atoms. The van der Waals surface area contributed by atoms with E-state index in [-0.39, 0.29) is 5.91 Å². The number of benzene rings is 1.